The van der Waals surface area contributed by atoms with E-state index in [0.717, 1.165) is 6.42 Å². The van der Waals surface area contributed by atoms with Crippen LogP contribution in [0.25, 0.3) is 0 Å². The Morgan fingerprint density at radius 3 is 2.58 bits per heavy atom. The fraction of sp³-hybridized carbons (Fsp3) is 0.278. The second-order valence-electron chi connectivity index (χ2n) is 5.92. The van der Waals surface area contributed by atoms with E-state index in [1.54, 1.807) is 19.9 Å². The monoisotopic (exact) mass is 327 g/mol. The maximum absolute atomic E-state index is 12.5. The summed E-state index contributed by atoms with van der Waals surface area (Å²) in [6.45, 7) is 3.37. The van der Waals surface area contributed by atoms with E-state index in [1.807, 2.05) is 0 Å². The average Bonchev–Trinajstić information content (AvgIpc) is 2.85. The predicted molar refractivity (Wildman–Crippen MR) is 86.8 cm³/mol. The molecule has 0 spiro atoms. The summed E-state index contributed by atoms with van der Waals surface area (Å²) in [5.41, 5.74) is 2.30. The molecule has 1 aromatic heterocycles. The number of Topliss-reactive ketones (excluding diaryl/α,β-unsaturated/α-hetero) is 1. The maximum Gasteiger partial charge on any atom is 0.335 e. The third kappa shape index (κ3) is 2.71. The van der Waals surface area contributed by atoms with Gasteiger partial charge in [-0.2, -0.15) is 0 Å². The van der Waals surface area contributed by atoms with Crippen LogP contribution in [-0.4, -0.2) is 22.8 Å². The van der Waals surface area contributed by atoms with Gasteiger partial charge in [-0.15, -0.1) is 0 Å². The van der Waals surface area contributed by atoms with E-state index >= 15 is 0 Å². The first kappa shape index (κ1) is 16.0. The molecule has 6 nitrogen and oxygen atoms in total. The van der Waals surface area contributed by atoms with Crippen molar-refractivity contribution in [2.75, 3.05) is 5.32 Å². The summed E-state index contributed by atoms with van der Waals surface area (Å²) in [6.07, 6.45) is 1.86. The van der Waals surface area contributed by atoms with Crippen molar-refractivity contribution < 1.29 is 23.9 Å². The molecule has 124 valence electrons. The molecule has 6 heteroatoms. The van der Waals surface area contributed by atoms with Gasteiger partial charge in [-0.1, -0.05) is 0 Å². The number of benzene rings is 1. The minimum Gasteiger partial charge on any atom is -0.478 e. The van der Waals surface area contributed by atoms with Gasteiger partial charge in [0, 0.05) is 24.1 Å². The molecule has 0 saturated heterocycles. The zero-order valence-corrected chi connectivity index (χ0v) is 13.4. The molecule has 24 heavy (non-hydrogen) atoms. The van der Waals surface area contributed by atoms with Crippen molar-refractivity contribution in [1.29, 1.82) is 0 Å². The van der Waals surface area contributed by atoms with Crippen molar-refractivity contribution in [3.05, 3.63) is 52.0 Å². The number of amides is 1. The number of aromatic carboxylic acids is 1. The lowest BCUT2D eigenvalue weighted by atomic mass is 9.94. The Hall–Kier alpha value is -2.89. The number of aryl methyl sites for hydroxylation is 2. The van der Waals surface area contributed by atoms with Crippen LogP contribution in [0.2, 0.25) is 0 Å². The second kappa shape index (κ2) is 5.96. The molecule has 1 amide bonds. The van der Waals surface area contributed by atoms with Crippen molar-refractivity contribution in [3.63, 3.8) is 0 Å². The lowest BCUT2D eigenvalue weighted by molar-refractivity contribution is 0.0695. The van der Waals surface area contributed by atoms with Crippen LogP contribution in [0.15, 0.2) is 22.6 Å². The molecule has 0 aliphatic heterocycles. The van der Waals surface area contributed by atoms with Crippen molar-refractivity contribution >= 4 is 23.3 Å². The van der Waals surface area contributed by atoms with Gasteiger partial charge in [-0.3, -0.25) is 9.59 Å². The molecule has 0 atom stereocenters. The quantitative estimate of drug-likeness (QED) is 0.901. The Bertz CT molecular complexity index is 863. The minimum absolute atomic E-state index is 0.0122. The van der Waals surface area contributed by atoms with Crippen LogP contribution in [0.4, 0.5) is 5.69 Å². The number of carboxylic acids is 1. The number of carboxylic acid groups (broad SMARTS) is 1. The number of ketones is 1. The first-order valence-corrected chi connectivity index (χ1v) is 7.69. The molecular weight excluding hydrogens is 310 g/mol. The van der Waals surface area contributed by atoms with Crippen LogP contribution < -0.4 is 5.32 Å². The number of furan rings is 1. The molecule has 0 unspecified atom stereocenters. The van der Waals surface area contributed by atoms with Crippen molar-refractivity contribution in [3.8, 4) is 0 Å². The highest BCUT2D eigenvalue weighted by molar-refractivity contribution is 6.07. The maximum atomic E-state index is 12.5. The third-order valence-electron chi connectivity index (χ3n) is 4.23. The summed E-state index contributed by atoms with van der Waals surface area (Å²) in [4.78, 5) is 35.5. The molecule has 1 aromatic carbocycles. The lowest BCUT2D eigenvalue weighted by Crippen LogP contribution is -2.13. The summed E-state index contributed by atoms with van der Waals surface area (Å²) in [5, 5.41) is 11.7. The minimum atomic E-state index is -1.02. The Kier molecular flexibility index (Phi) is 3.97. The second-order valence-corrected chi connectivity index (χ2v) is 5.92. The fourth-order valence-corrected chi connectivity index (χ4v) is 3.03. The Morgan fingerprint density at radius 2 is 1.96 bits per heavy atom. The van der Waals surface area contributed by atoms with Gasteiger partial charge in [0.15, 0.2) is 11.5 Å². The van der Waals surface area contributed by atoms with Crippen molar-refractivity contribution in [1.82, 2.24) is 0 Å². The topological polar surface area (TPSA) is 96.6 Å². The van der Waals surface area contributed by atoms with Crippen LogP contribution in [0.5, 0.6) is 0 Å². The summed E-state index contributed by atoms with van der Waals surface area (Å²) < 4.78 is 5.61. The van der Waals surface area contributed by atoms with Crippen molar-refractivity contribution in [2.45, 2.75) is 33.1 Å². The van der Waals surface area contributed by atoms with Gasteiger partial charge in [0.25, 0.3) is 5.91 Å². The molecule has 2 aromatic rings. The molecule has 1 heterocycles. The van der Waals surface area contributed by atoms with E-state index in [1.165, 1.54) is 12.1 Å². The van der Waals surface area contributed by atoms with Gasteiger partial charge in [0.05, 0.1) is 11.1 Å². The first-order chi connectivity index (χ1) is 11.4. The summed E-state index contributed by atoms with van der Waals surface area (Å²) in [7, 11) is 0. The smallest absolute Gasteiger partial charge is 0.335 e. The Morgan fingerprint density at radius 1 is 1.21 bits per heavy atom. The van der Waals surface area contributed by atoms with Gasteiger partial charge in [0.2, 0.25) is 0 Å². The number of hydrogen-bond acceptors (Lipinski definition) is 4. The van der Waals surface area contributed by atoms with Crippen molar-refractivity contribution in [2.24, 2.45) is 0 Å². The normalized spacial score (nSPS) is 13.5. The number of carbonyl (C=O) groups excluding carboxylic acids is 2. The first-order valence-electron chi connectivity index (χ1n) is 7.69. The van der Waals surface area contributed by atoms with E-state index in [4.69, 9.17) is 9.52 Å². The van der Waals surface area contributed by atoms with Crippen LogP contribution >= 0.6 is 0 Å². The molecule has 1 aliphatic rings. The molecular formula is C18H17NO5. The van der Waals surface area contributed by atoms with E-state index in [2.05, 4.69) is 5.32 Å². The Balaban J connectivity index is 1.87. The highest BCUT2D eigenvalue weighted by atomic mass is 16.4. The summed E-state index contributed by atoms with van der Waals surface area (Å²) >= 11 is 0. The molecule has 0 radical (unpaired) electrons. The van der Waals surface area contributed by atoms with Crippen LogP contribution in [0.1, 0.15) is 61.0 Å². The van der Waals surface area contributed by atoms with Gasteiger partial charge < -0.3 is 14.8 Å². The summed E-state index contributed by atoms with van der Waals surface area (Å²) in [6, 6.07) is 4.55. The van der Waals surface area contributed by atoms with E-state index in [0.29, 0.717) is 41.0 Å². The predicted octanol–water partition coefficient (Wildman–Crippen LogP) is 3.37. The van der Waals surface area contributed by atoms with E-state index in [9.17, 15) is 14.4 Å². The van der Waals surface area contributed by atoms with Gasteiger partial charge in [-0.05, 0) is 44.0 Å². The zero-order chi connectivity index (χ0) is 17.4. The third-order valence-corrected chi connectivity index (χ3v) is 4.23. The van der Waals surface area contributed by atoms with Gasteiger partial charge in [0.1, 0.15) is 5.76 Å². The number of fused-ring (bicyclic) bond motifs is 1. The van der Waals surface area contributed by atoms with Crippen LogP contribution in [0, 0.1) is 13.8 Å². The molecule has 0 bridgehead atoms. The highest BCUT2D eigenvalue weighted by Gasteiger charge is 2.28. The SMILES string of the molecule is Cc1cc(NC(=O)c2oc3c(c2C)C(=O)CCC3)ccc1C(=O)O. The number of hydrogen-bond donors (Lipinski definition) is 2. The average molecular weight is 327 g/mol. The summed E-state index contributed by atoms with van der Waals surface area (Å²) in [5.74, 6) is -0.740. The zero-order valence-electron chi connectivity index (χ0n) is 13.4. The Labute approximate surface area is 138 Å². The number of rotatable bonds is 3. The molecule has 0 saturated carbocycles. The molecule has 2 N–H and O–H groups in total. The number of anilines is 1. The number of nitrogens with one attached hydrogen (secondary N) is 1. The fourth-order valence-electron chi connectivity index (χ4n) is 3.03. The lowest BCUT2D eigenvalue weighted by Gasteiger charge is -2.07. The highest BCUT2D eigenvalue weighted by Crippen LogP contribution is 2.30. The number of carbonyl (C=O) groups is 3. The standard InChI is InChI=1S/C18H17NO5/c1-9-8-11(6-7-12(9)18(22)23)19-17(21)16-10(2)15-13(20)4-3-5-14(15)24-16/h6-8H,3-5H2,1-2H3,(H,19,21)(H,22,23). The van der Waals surface area contributed by atoms with Crippen LogP contribution in [0.3, 0.4) is 0 Å². The molecule has 1 aliphatic carbocycles. The van der Waals surface area contributed by atoms with E-state index in [-0.39, 0.29) is 17.1 Å². The van der Waals surface area contributed by atoms with Gasteiger partial charge in [-0.25, -0.2) is 4.79 Å². The molecule has 0 fully saturated rings. The largest absolute Gasteiger partial charge is 0.478 e. The molecule has 3 rings (SSSR count). The van der Waals surface area contributed by atoms with Crippen LogP contribution in [-0.2, 0) is 6.42 Å². The van der Waals surface area contributed by atoms with Gasteiger partial charge >= 0.3 is 5.97 Å². The van der Waals surface area contributed by atoms with E-state index < -0.39 is 11.9 Å².